The zero-order valence-corrected chi connectivity index (χ0v) is 10.8. The third kappa shape index (κ3) is 2.41. The quantitative estimate of drug-likeness (QED) is 0.796. The molecule has 3 atom stereocenters. The van der Waals surface area contributed by atoms with Crippen LogP contribution in [0.1, 0.15) is 40.0 Å². The molecule has 1 heterocycles. The summed E-state index contributed by atoms with van der Waals surface area (Å²) in [6.07, 6.45) is 4.03. The van der Waals surface area contributed by atoms with Gasteiger partial charge >= 0.3 is 0 Å². The summed E-state index contributed by atoms with van der Waals surface area (Å²) in [5, 5.41) is 3.73. The van der Waals surface area contributed by atoms with Crippen molar-refractivity contribution in [2.75, 3.05) is 19.8 Å². The molecule has 1 saturated carbocycles. The predicted octanol–water partition coefficient (Wildman–Crippen LogP) is 1.96. The smallest absolute Gasteiger partial charge is 0.0655 e. The van der Waals surface area contributed by atoms with Gasteiger partial charge in [0.2, 0.25) is 0 Å². The molecule has 1 saturated heterocycles. The van der Waals surface area contributed by atoms with Crippen LogP contribution in [-0.4, -0.2) is 38.0 Å². The van der Waals surface area contributed by atoms with Gasteiger partial charge in [-0.05, 0) is 26.2 Å². The maximum absolute atomic E-state index is 5.74. The van der Waals surface area contributed by atoms with Crippen LogP contribution in [0.25, 0.3) is 0 Å². The van der Waals surface area contributed by atoms with Gasteiger partial charge < -0.3 is 14.8 Å². The molecule has 1 aliphatic heterocycles. The molecule has 3 heteroatoms. The summed E-state index contributed by atoms with van der Waals surface area (Å²) in [4.78, 5) is 0. The van der Waals surface area contributed by atoms with E-state index in [0.29, 0.717) is 18.2 Å². The van der Waals surface area contributed by atoms with E-state index < -0.39 is 0 Å². The van der Waals surface area contributed by atoms with E-state index in [1.54, 1.807) is 0 Å². The van der Waals surface area contributed by atoms with Crippen LogP contribution in [-0.2, 0) is 9.47 Å². The van der Waals surface area contributed by atoms with E-state index in [1.165, 1.54) is 12.8 Å². The standard InChI is InChI=1S/C13H25NO2/c1-4-16-12-8-11(13(12,2)3)14-10-6-5-7-15-9-10/h10-12,14H,4-9H2,1-3H3. The largest absolute Gasteiger partial charge is 0.380 e. The lowest BCUT2D eigenvalue weighted by atomic mass is 9.64. The van der Waals surface area contributed by atoms with Gasteiger partial charge in [0.05, 0.1) is 12.7 Å². The van der Waals surface area contributed by atoms with Crippen LogP contribution < -0.4 is 5.32 Å². The zero-order valence-electron chi connectivity index (χ0n) is 10.8. The Morgan fingerprint density at radius 1 is 1.44 bits per heavy atom. The average Bonchev–Trinajstić information content (AvgIpc) is 2.29. The molecule has 0 amide bonds. The van der Waals surface area contributed by atoms with Gasteiger partial charge in [0.25, 0.3) is 0 Å². The van der Waals surface area contributed by atoms with E-state index in [1.807, 2.05) is 0 Å². The second kappa shape index (κ2) is 5.03. The van der Waals surface area contributed by atoms with Crippen LogP contribution in [0.15, 0.2) is 0 Å². The molecule has 1 N–H and O–H groups in total. The first-order chi connectivity index (χ1) is 7.64. The number of rotatable bonds is 4. The summed E-state index contributed by atoms with van der Waals surface area (Å²) in [5.74, 6) is 0. The van der Waals surface area contributed by atoms with Crippen molar-refractivity contribution in [1.29, 1.82) is 0 Å². The highest BCUT2D eigenvalue weighted by Gasteiger charge is 2.49. The Balaban J connectivity index is 1.79. The fourth-order valence-electron chi connectivity index (χ4n) is 2.81. The van der Waals surface area contributed by atoms with Crippen molar-refractivity contribution in [1.82, 2.24) is 5.32 Å². The second-order valence-corrected chi connectivity index (χ2v) is 5.63. The summed E-state index contributed by atoms with van der Waals surface area (Å²) in [7, 11) is 0. The maximum Gasteiger partial charge on any atom is 0.0655 e. The molecular formula is C13H25NO2. The topological polar surface area (TPSA) is 30.5 Å². The van der Waals surface area contributed by atoms with Gasteiger partial charge in [-0.25, -0.2) is 0 Å². The second-order valence-electron chi connectivity index (χ2n) is 5.63. The Bertz CT molecular complexity index is 224. The molecule has 0 radical (unpaired) electrons. The summed E-state index contributed by atoms with van der Waals surface area (Å²) in [5.41, 5.74) is 0.271. The molecule has 2 fully saturated rings. The molecule has 0 aromatic rings. The van der Waals surface area contributed by atoms with Crippen molar-refractivity contribution in [3.05, 3.63) is 0 Å². The van der Waals surface area contributed by atoms with E-state index in [0.717, 1.165) is 26.2 Å². The third-order valence-electron chi connectivity index (χ3n) is 4.14. The first-order valence-electron chi connectivity index (χ1n) is 6.60. The minimum absolute atomic E-state index is 0.271. The molecule has 0 aromatic heterocycles. The first kappa shape index (κ1) is 12.3. The van der Waals surface area contributed by atoms with E-state index >= 15 is 0 Å². The molecular weight excluding hydrogens is 202 g/mol. The highest BCUT2D eigenvalue weighted by molar-refractivity contribution is 5.03. The van der Waals surface area contributed by atoms with Crippen LogP contribution in [0.2, 0.25) is 0 Å². The van der Waals surface area contributed by atoms with E-state index in [-0.39, 0.29) is 5.41 Å². The predicted molar refractivity (Wildman–Crippen MR) is 64.6 cm³/mol. The highest BCUT2D eigenvalue weighted by atomic mass is 16.5. The first-order valence-corrected chi connectivity index (χ1v) is 6.60. The van der Waals surface area contributed by atoms with Crippen LogP contribution in [0.3, 0.4) is 0 Å². The van der Waals surface area contributed by atoms with E-state index in [9.17, 15) is 0 Å². The van der Waals surface area contributed by atoms with Crippen LogP contribution in [0.5, 0.6) is 0 Å². The monoisotopic (exact) mass is 227 g/mol. The lowest BCUT2D eigenvalue weighted by molar-refractivity contribution is -0.119. The number of hydrogen-bond donors (Lipinski definition) is 1. The fourth-order valence-corrected chi connectivity index (χ4v) is 2.81. The maximum atomic E-state index is 5.74. The van der Waals surface area contributed by atoms with E-state index in [2.05, 4.69) is 26.1 Å². The van der Waals surface area contributed by atoms with Gasteiger partial charge in [0.15, 0.2) is 0 Å². The van der Waals surface area contributed by atoms with Crippen molar-refractivity contribution < 1.29 is 9.47 Å². The molecule has 16 heavy (non-hydrogen) atoms. The molecule has 3 nitrogen and oxygen atoms in total. The van der Waals surface area contributed by atoms with Crippen molar-refractivity contribution in [2.45, 2.75) is 58.2 Å². The van der Waals surface area contributed by atoms with Crippen LogP contribution >= 0.6 is 0 Å². The number of ether oxygens (including phenoxy) is 2. The zero-order chi connectivity index (χ0) is 11.6. The Hall–Kier alpha value is -0.120. The average molecular weight is 227 g/mol. The summed E-state index contributed by atoms with van der Waals surface area (Å²) >= 11 is 0. The normalized spacial score (nSPS) is 38.1. The molecule has 0 spiro atoms. The molecule has 2 rings (SSSR count). The minimum atomic E-state index is 0.271. The number of hydrogen-bond acceptors (Lipinski definition) is 3. The van der Waals surface area contributed by atoms with Crippen molar-refractivity contribution in [3.63, 3.8) is 0 Å². The number of nitrogens with one attached hydrogen (secondary N) is 1. The summed E-state index contributed by atoms with van der Waals surface area (Å²) in [6, 6.07) is 1.15. The summed E-state index contributed by atoms with van der Waals surface area (Å²) < 4.78 is 11.2. The van der Waals surface area contributed by atoms with Crippen molar-refractivity contribution in [2.24, 2.45) is 5.41 Å². The fraction of sp³-hybridized carbons (Fsp3) is 1.00. The SMILES string of the molecule is CCOC1CC(NC2CCCOC2)C1(C)C. The molecule has 0 aromatic carbocycles. The third-order valence-corrected chi connectivity index (χ3v) is 4.14. The van der Waals surface area contributed by atoms with Gasteiger partial charge in [0.1, 0.15) is 0 Å². The van der Waals surface area contributed by atoms with Crippen LogP contribution in [0, 0.1) is 5.41 Å². The molecule has 0 bridgehead atoms. The van der Waals surface area contributed by atoms with Gasteiger partial charge in [-0.2, -0.15) is 0 Å². The Morgan fingerprint density at radius 3 is 2.81 bits per heavy atom. The lowest BCUT2D eigenvalue weighted by Crippen LogP contribution is -2.63. The molecule has 94 valence electrons. The minimum Gasteiger partial charge on any atom is -0.380 e. The van der Waals surface area contributed by atoms with Gasteiger partial charge in [0, 0.05) is 30.7 Å². The van der Waals surface area contributed by atoms with Crippen molar-refractivity contribution in [3.8, 4) is 0 Å². The highest BCUT2D eigenvalue weighted by Crippen LogP contribution is 2.43. The van der Waals surface area contributed by atoms with Gasteiger partial charge in [-0.1, -0.05) is 13.8 Å². The Morgan fingerprint density at radius 2 is 2.25 bits per heavy atom. The van der Waals surface area contributed by atoms with E-state index in [4.69, 9.17) is 9.47 Å². The molecule has 2 aliphatic rings. The van der Waals surface area contributed by atoms with Crippen LogP contribution in [0.4, 0.5) is 0 Å². The van der Waals surface area contributed by atoms with Gasteiger partial charge in [-0.15, -0.1) is 0 Å². The molecule has 1 aliphatic carbocycles. The molecule has 3 unspecified atom stereocenters. The van der Waals surface area contributed by atoms with Gasteiger partial charge in [-0.3, -0.25) is 0 Å². The Kier molecular flexibility index (Phi) is 3.88. The lowest BCUT2D eigenvalue weighted by Gasteiger charge is -2.53. The van der Waals surface area contributed by atoms with Crippen molar-refractivity contribution >= 4 is 0 Å². The summed E-state index contributed by atoms with van der Waals surface area (Å²) in [6.45, 7) is 9.33. The Labute approximate surface area is 98.9 Å².